The van der Waals surface area contributed by atoms with E-state index in [4.69, 9.17) is 0 Å². The lowest BCUT2D eigenvalue weighted by atomic mass is 10.2. The largest absolute Gasteiger partial charge is 0.346 e. The van der Waals surface area contributed by atoms with E-state index in [1.54, 1.807) is 6.33 Å². The van der Waals surface area contributed by atoms with Gasteiger partial charge in [0.2, 0.25) is 0 Å². The smallest absolute Gasteiger partial charge is 0.145 e. The summed E-state index contributed by atoms with van der Waals surface area (Å²) >= 11 is 0. The SMILES string of the molecule is CCN(c1ccccc1)c1ncnc2[nH]ccc12. The quantitative estimate of drug-likeness (QED) is 0.762. The van der Waals surface area contributed by atoms with Crippen LogP contribution in [-0.2, 0) is 0 Å². The molecule has 0 amide bonds. The summed E-state index contributed by atoms with van der Waals surface area (Å²) in [6, 6.07) is 12.3. The molecular formula is C14H14N4. The lowest BCUT2D eigenvalue weighted by Gasteiger charge is -2.22. The van der Waals surface area contributed by atoms with Gasteiger partial charge in [-0.05, 0) is 25.1 Å². The molecule has 0 bridgehead atoms. The second-order valence-electron chi connectivity index (χ2n) is 4.02. The summed E-state index contributed by atoms with van der Waals surface area (Å²) in [7, 11) is 0. The minimum absolute atomic E-state index is 0.862. The maximum atomic E-state index is 4.42. The molecule has 0 aliphatic heterocycles. The summed E-state index contributed by atoms with van der Waals surface area (Å²) < 4.78 is 0. The summed E-state index contributed by atoms with van der Waals surface area (Å²) in [5.41, 5.74) is 2.01. The fraction of sp³-hybridized carbons (Fsp3) is 0.143. The monoisotopic (exact) mass is 238 g/mol. The van der Waals surface area contributed by atoms with Gasteiger partial charge in [-0.1, -0.05) is 18.2 Å². The van der Waals surface area contributed by atoms with Gasteiger partial charge in [0.1, 0.15) is 17.8 Å². The van der Waals surface area contributed by atoms with Crippen molar-refractivity contribution in [3.63, 3.8) is 0 Å². The van der Waals surface area contributed by atoms with Gasteiger partial charge >= 0.3 is 0 Å². The molecule has 18 heavy (non-hydrogen) atoms. The predicted molar refractivity (Wildman–Crippen MR) is 73.0 cm³/mol. The van der Waals surface area contributed by atoms with E-state index in [0.717, 1.165) is 29.1 Å². The maximum absolute atomic E-state index is 4.42. The summed E-state index contributed by atoms with van der Waals surface area (Å²) in [5, 5.41) is 1.04. The number of anilines is 2. The number of nitrogens with zero attached hydrogens (tertiary/aromatic N) is 3. The average molecular weight is 238 g/mol. The van der Waals surface area contributed by atoms with Crippen LogP contribution in [0, 0.1) is 0 Å². The normalized spacial score (nSPS) is 10.7. The molecule has 0 unspecified atom stereocenters. The van der Waals surface area contributed by atoms with E-state index in [1.165, 1.54) is 0 Å². The molecule has 3 rings (SSSR count). The molecule has 2 heterocycles. The molecule has 0 radical (unpaired) electrons. The van der Waals surface area contributed by atoms with Crippen molar-refractivity contribution in [2.24, 2.45) is 0 Å². The first-order valence-electron chi connectivity index (χ1n) is 6.01. The zero-order chi connectivity index (χ0) is 12.4. The van der Waals surface area contributed by atoms with E-state index in [1.807, 2.05) is 30.5 Å². The van der Waals surface area contributed by atoms with Gasteiger partial charge < -0.3 is 9.88 Å². The van der Waals surface area contributed by atoms with Crippen LogP contribution < -0.4 is 4.90 Å². The van der Waals surface area contributed by atoms with Gasteiger partial charge in [-0.15, -0.1) is 0 Å². The Balaban J connectivity index is 2.15. The van der Waals surface area contributed by atoms with Crippen molar-refractivity contribution in [1.82, 2.24) is 15.0 Å². The topological polar surface area (TPSA) is 44.8 Å². The standard InChI is InChI=1S/C14H14N4/c1-2-18(11-6-4-3-5-7-11)14-12-8-9-15-13(12)16-10-17-14/h3-10H,2H2,1H3,(H,15,16,17). The Morgan fingerprint density at radius 1 is 1.11 bits per heavy atom. The third-order valence-electron chi connectivity index (χ3n) is 2.97. The summed E-state index contributed by atoms with van der Waals surface area (Å²) in [6.45, 7) is 2.98. The minimum atomic E-state index is 0.862. The Morgan fingerprint density at radius 2 is 1.94 bits per heavy atom. The molecule has 90 valence electrons. The zero-order valence-corrected chi connectivity index (χ0v) is 10.2. The predicted octanol–water partition coefficient (Wildman–Crippen LogP) is 3.12. The van der Waals surface area contributed by atoms with Crippen molar-refractivity contribution in [2.45, 2.75) is 6.92 Å². The van der Waals surface area contributed by atoms with Gasteiger partial charge in [0.25, 0.3) is 0 Å². The van der Waals surface area contributed by atoms with Gasteiger partial charge in [0, 0.05) is 18.4 Å². The van der Waals surface area contributed by atoms with Crippen LogP contribution in [0.2, 0.25) is 0 Å². The number of para-hydroxylation sites is 1. The second kappa shape index (κ2) is 4.49. The van der Waals surface area contributed by atoms with Gasteiger partial charge in [-0.3, -0.25) is 0 Å². The number of hydrogen-bond acceptors (Lipinski definition) is 3. The van der Waals surface area contributed by atoms with Crippen LogP contribution in [-0.4, -0.2) is 21.5 Å². The Morgan fingerprint density at radius 3 is 2.72 bits per heavy atom. The third kappa shape index (κ3) is 1.72. The molecule has 4 nitrogen and oxygen atoms in total. The first-order valence-corrected chi connectivity index (χ1v) is 6.01. The van der Waals surface area contributed by atoms with Crippen LogP contribution >= 0.6 is 0 Å². The van der Waals surface area contributed by atoms with E-state index in [9.17, 15) is 0 Å². The highest BCUT2D eigenvalue weighted by atomic mass is 15.2. The van der Waals surface area contributed by atoms with Crippen LogP contribution in [0.15, 0.2) is 48.9 Å². The third-order valence-corrected chi connectivity index (χ3v) is 2.97. The van der Waals surface area contributed by atoms with Gasteiger partial charge in [0.15, 0.2) is 0 Å². The molecule has 3 aromatic rings. The minimum Gasteiger partial charge on any atom is -0.346 e. The van der Waals surface area contributed by atoms with E-state index >= 15 is 0 Å². The maximum Gasteiger partial charge on any atom is 0.145 e. The van der Waals surface area contributed by atoms with Crippen LogP contribution in [0.25, 0.3) is 11.0 Å². The van der Waals surface area contributed by atoms with Crippen LogP contribution in [0.1, 0.15) is 6.92 Å². The number of H-pyrrole nitrogens is 1. The summed E-state index contributed by atoms with van der Waals surface area (Å²) in [6.07, 6.45) is 3.49. The molecule has 1 aromatic carbocycles. The molecule has 0 aliphatic carbocycles. The number of nitrogens with one attached hydrogen (secondary N) is 1. The number of hydrogen-bond donors (Lipinski definition) is 1. The van der Waals surface area contributed by atoms with Crippen molar-refractivity contribution < 1.29 is 0 Å². The van der Waals surface area contributed by atoms with E-state index in [-0.39, 0.29) is 0 Å². The molecule has 0 saturated carbocycles. The van der Waals surface area contributed by atoms with E-state index < -0.39 is 0 Å². The Hall–Kier alpha value is -2.36. The molecule has 4 heteroatoms. The highest BCUT2D eigenvalue weighted by Gasteiger charge is 2.12. The molecular weight excluding hydrogens is 224 g/mol. The van der Waals surface area contributed by atoms with E-state index in [0.29, 0.717) is 0 Å². The highest BCUT2D eigenvalue weighted by molar-refractivity contribution is 5.89. The lowest BCUT2D eigenvalue weighted by Crippen LogP contribution is -2.17. The molecule has 0 aliphatic rings. The molecule has 1 N–H and O–H groups in total. The number of fused-ring (bicyclic) bond motifs is 1. The van der Waals surface area contributed by atoms with Crippen molar-refractivity contribution in [3.05, 3.63) is 48.9 Å². The van der Waals surface area contributed by atoms with Crippen LogP contribution in [0.3, 0.4) is 0 Å². The highest BCUT2D eigenvalue weighted by Crippen LogP contribution is 2.28. The molecule has 2 aromatic heterocycles. The van der Waals surface area contributed by atoms with Crippen molar-refractivity contribution in [1.29, 1.82) is 0 Å². The number of aromatic amines is 1. The number of aromatic nitrogens is 3. The Kier molecular flexibility index (Phi) is 2.68. The first kappa shape index (κ1) is 10.8. The Labute approximate surface area is 105 Å². The fourth-order valence-corrected chi connectivity index (χ4v) is 2.14. The van der Waals surface area contributed by atoms with Crippen molar-refractivity contribution in [2.75, 3.05) is 11.4 Å². The zero-order valence-electron chi connectivity index (χ0n) is 10.2. The second-order valence-corrected chi connectivity index (χ2v) is 4.02. The molecule has 0 saturated heterocycles. The fourth-order valence-electron chi connectivity index (χ4n) is 2.14. The summed E-state index contributed by atoms with van der Waals surface area (Å²) in [5.74, 6) is 0.940. The lowest BCUT2D eigenvalue weighted by molar-refractivity contribution is 0.989. The molecule has 0 spiro atoms. The van der Waals surface area contributed by atoms with E-state index in [2.05, 4.69) is 38.9 Å². The van der Waals surface area contributed by atoms with Gasteiger partial charge in [0.05, 0.1) is 5.39 Å². The van der Waals surface area contributed by atoms with Gasteiger partial charge in [-0.2, -0.15) is 0 Å². The molecule has 0 atom stereocenters. The number of rotatable bonds is 3. The van der Waals surface area contributed by atoms with Crippen LogP contribution in [0.4, 0.5) is 11.5 Å². The van der Waals surface area contributed by atoms with Gasteiger partial charge in [-0.25, -0.2) is 9.97 Å². The van der Waals surface area contributed by atoms with Crippen molar-refractivity contribution in [3.8, 4) is 0 Å². The molecule has 0 fully saturated rings. The van der Waals surface area contributed by atoms with Crippen molar-refractivity contribution >= 4 is 22.5 Å². The van der Waals surface area contributed by atoms with Crippen LogP contribution in [0.5, 0.6) is 0 Å². The number of benzene rings is 1. The first-order chi connectivity index (χ1) is 8.90. The average Bonchev–Trinajstić information content (AvgIpc) is 2.90. The summed E-state index contributed by atoms with van der Waals surface area (Å²) in [4.78, 5) is 13.9. The Bertz CT molecular complexity index is 645.